The minimum absolute atomic E-state index is 0.118. The lowest BCUT2D eigenvalue weighted by molar-refractivity contribution is 0.0954. The third-order valence-electron chi connectivity index (χ3n) is 2.86. The average molecular weight is 329 g/mol. The van der Waals surface area contributed by atoms with Crippen LogP contribution in [0.2, 0.25) is 0 Å². The summed E-state index contributed by atoms with van der Waals surface area (Å²) in [6, 6.07) is 5.81. The van der Waals surface area contributed by atoms with Crippen LogP contribution in [0.5, 0.6) is 0 Å². The maximum atomic E-state index is 12.0. The molecule has 0 aliphatic rings. The van der Waals surface area contributed by atoms with Gasteiger partial charge in [-0.15, -0.1) is 0 Å². The summed E-state index contributed by atoms with van der Waals surface area (Å²) < 4.78 is 31.1. The van der Waals surface area contributed by atoms with Crippen LogP contribution in [0, 0.1) is 0 Å². The number of ether oxygens (including phenoxy) is 1. The lowest BCUT2D eigenvalue weighted by Gasteiger charge is -2.08. The zero-order valence-electron chi connectivity index (χ0n) is 12.9. The summed E-state index contributed by atoms with van der Waals surface area (Å²) in [6.07, 6.45) is 0. The van der Waals surface area contributed by atoms with E-state index in [0.717, 1.165) is 6.54 Å². The van der Waals surface area contributed by atoms with Crippen molar-refractivity contribution in [3.63, 3.8) is 0 Å². The van der Waals surface area contributed by atoms with Crippen LogP contribution in [0.3, 0.4) is 0 Å². The number of sulfonamides is 1. The summed E-state index contributed by atoms with van der Waals surface area (Å²) in [5, 5.41) is 5.85. The molecule has 1 amide bonds. The van der Waals surface area contributed by atoms with Gasteiger partial charge < -0.3 is 15.4 Å². The minimum Gasteiger partial charge on any atom is -0.383 e. The Morgan fingerprint density at radius 2 is 1.82 bits per heavy atom. The fourth-order valence-electron chi connectivity index (χ4n) is 1.69. The number of rotatable bonds is 10. The second kappa shape index (κ2) is 9.52. The Morgan fingerprint density at radius 1 is 1.14 bits per heavy atom. The summed E-state index contributed by atoms with van der Waals surface area (Å²) in [6.45, 7) is 4.54. The molecule has 0 heterocycles. The maximum Gasteiger partial charge on any atom is 0.251 e. The molecule has 0 fully saturated rings. The smallest absolute Gasteiger partial charge is 0.251 e. The summed E-state index contributed by atoms with van der Waals surface area (Å²) in [5.41, 5.74) is 0.423. The fraction of sp³-hybridized carbons (Fsp3) is 0.500. The summed E-state index contributed by atoms with van der Waals surface area (Å²) in [5.74, 6) is -0.228. The molecule has 1 rings (SSSR count). The van der Waals surface area contributed by atoms with Gasteiger partial charge in [-0.05, 0) is 30.8 Å². The highest BCUT2D eigenvalue weighted by atomic mass is 32.2. The Bertz CT molecular complexity index is 558. The Morgan fingerprint density at radius 3 is 2.41 bits per heavy atom. The van der Waals surface area contributed by atoms with Gasteiger partial charge in [0.1, 0.15) is 0 Å². The summed E-state index contributed by atoms with van der Waals surface area (Å²) in [4.78, 5) is 12.0. The van der Waals surface area contributed by atoms with Gasteiger partial charge >= 0.3 is 0 Å². The van der Waals surface area contributed by atoms with E-state index in [1.807, 2.05) is 6.92 Å². The van der Waals surface area contributed by atoms with Gasteiger partial charge in [0, 0.05) is 32.3 Å². The van der Waals surface area contributed by atoms with E-state index < -0.39 is 10.0 Å². The van der Waals surface area contributed by atoms with Crippen LogP contribution in [0.4, 0.5) is 0 Å². The molecular formula is C14H23N3O4S. The molecule has 0 aliphatic carbocycles. The summed E-state index contributed by atoms with van der Waals surface area (Å²) in [7, 11) is -2.07. The normalized spacial score (nSPS) is 11.4. The Labute approximate surface area is 131 Å². The van der Waals surface area contributed by atoms with Crippen LogP contribution in [0.15, 0.2) is 29.2 Å². The molecule has 7 nitrogen and oxygen atoms in total. The number of hydrogen-bond acceptors (Lipinski definition) is 5. The predicted octanol–water partition coefficient (Wildman–Crippen LogP) is -0.0494. The van der Waals surface area contributed by atoms with Crippen LogP contribution >= 0.6 is 0 Å². The van der Waals surface area contributed by atoms with Gasteiger partial charge in [-0.2, -0.15) is 0 Å². The van der Waals surface area contributed by atoms with Crippen molar-refractivity contribution in [2.24, 2.45) is 0 Å². The first-order valence-corrected chi connectivity index (χ1v) is 8.57. The molecule has 1 aromatic rings. The van der Waals surface area contributed by atoms with Crippen molar-refractivity contribution >= 4 is 15.9 Å². The lowest BCUT2D eigenvalue weighted by atomic mass is 10.2. The Kier molecular flexibility index (Phi) is 8.03. The number of hydrogen-bond donors (Lipinski definition) is 3. The van der Waals surface area contributed by atoms with E-state index in [1.165, 1.54) is 31.4 Å². The van der Waals surface area contributed by atoms with Crippen molar-refractivity contribution in [1.29, 1.82) is 0 Å². The number of amides is 1. The highest BCUT2D eigenvalue weighted by Gasteiger charge is 2.14. The first-order chi connectivity index (χ1) is 10.5. The molecule has 3 N–H and O–H groups in total. The first kappa shape index (κ1) is 18.6. The van der Waals surface area contributed by atoms with Gasteiger partial charge in [-0.1, -0.05) is 6.92 Å². The average Bonchev–Trinajstić information content (AvgIpc) is 2.51. The molecule has 0 unspecified atom stereocenters. The highest BCUT2D eigenvalue weighted by molar-refractivity contribution is 7.89. The van der Waals surface area contributed by atoms with Gasteiger partial charge in [0.2, 0.25) is 10.0 Å². The number of methoxy groups -OCH3 is 1. The van der Waals surface area contributed by atoms with E-state index in [9.17, 15) is 13.2 Å². The molecule has 0 spiro atoms. The zero-order valence-corrected chi connectivity index (χ0v) is 13.7. The zero-order chi connectivity index (χ0) is 16.4. The number of benzene rings is 1. The van der Waals surface area contributed by atoms with Crippen molar-refractivity contribution in [3.8, 4) is 0 Å². The molecule has 8 heteroatoms. The quantitative estimate of drug-likeness (QED) is 0.523. The molecule has 0 saturated heterocycles. The van der Waals surface area contributed by atoms with Gasteiger partial charge in [0.05, 0.1) is 11.5 Å². The van der Waals surface area contributed by atoms with E-state index in [4.69, 9.17) is 4.74 Å². The molecule has 0 aliphatic heterocycles. The monoisotopic (exact) mass is 329 g/mol. The van der Waals surface area contributed by atoms with E-state index in [2.05, 4.69) is 15.4 Å². The molecular weight excluding hydrogens is 306 g/mol. The van der Waals surface area contributed by atoms with Crippen LogP contribution in [-0.4, -0.2) is 54.2 Å². The van der Waals surface area contributed by atoms with Gasteiger partial charge in [0.25, 0.3) is 5.91 Å². The number of carbonyl (C=O) groups is 1. The largest absolute Gasteiger partial charge is 0.383 e. The SMILES string of the molecule is CCNCCNC(=O)c1ccc(S(=O)(=O)NCCOC)cc1. The van der Waals surface area contributed by atoms with Gasteiger partial charge in [-0.25, -0.2) is 13.1 Å². The Balaban J connectivity index is 2.60. The molecule has 0 bridgehead atoms. The highest BCUT2D eigenvalue weighted by Crippen LogP contribution is 2.10. The number of carbonyl (C=O) groups excluding carboxylic acids is 1. The molecule has 0 aromatic heterocycles. The fourth-order valence-corrected chi connectivity index (χ4v) is 2.70. The van der Waals surface area contributed by atoms with E-state index in [0.29, 0.717) is 25.3 Å². The summed E-state index contributed by atoms with van der Waals surface area (Å²) >= 11 is 0. The van der Waals surface area contributed by atoms with Crippen molar-refractivity contribution in [2.75, 3.05) is 39.9 Å². The standard InChI is InChI=1S/C14H23N3O4S/c1-3-15-8-9-16-14(18)12-4-6-13(7-5-12)22(19,20)17-10-11-21-2/h4-7,15,17H,3,8-11H2,1-2H3,(H,16,18). The molecule has 0 atom stereocenters. The number of likely N-dealkylation sites (N-methyl/N-ethyl adjacent to an activating group) is 1. The number of nitrogens with one attached hydrogen (secondary N) is 3. The lowest BCUT2D eigenvalue weighted by Crippen LogP contribution is -2.31. The van der Waals surface area contributed by atoms with Crippen LogP contribution in [0.1, 0.15) is 17.3 Å². The van der Waals surface area contributed by atoms with Crippen molar-refractivity contribution in [3.05, 3.63) is 29.8 Å². The first-order valence-electron chi connectivity index (χ1n) is 7.09. The van der Waals surface area contributed by atoms with Crippen LogP contribution < -0.4 is 15.4 Å². The topological polar surface area (TPSA) is 96.5 Å². The molecule has 124 valence electrons. The van der Waals surface area contributed by atoms with Gasteiger partial charge in [0.15, 0.2) is 0 Å². The molecule has 0 radical (unpaired) electrons. The minimum atomic E-state index is -3.57. The van der Waals surface area contributed by atoms with E-state index in [1.54, 1.807) is 0 Å². The molecule has 0 saturated carbocycles. The molecule has 1 aromatic carbocycles. The van der Waals surface area contributed by atoms with Crippen molar-refractivity contribution in [2.45, 2.75) is 11.8 Å². The van der Waals surface area contributed by atoms with Gasteiger partial charge in [-0.3, -0.25) is 4.79 Å². The van der Waals surface area contributed by atoms with Crippen molar-refractivity contribution in [1.82, 2.24) is 15.4 Å². The second-order valence-corrected chi connectivity index (χ2v) is 6.29. The molecule has 22 heavy (non-hydrogen) atoms. The van der Waals surface area contributed by atoms with Crippen LogP contribution in [-0.2, 0) is 14.8 Å². The predicted molar refractivity (Wildman–Crippen MR) is 84.4 cm³/mol. The van der Waals surface area contributed by atoms with E-state index >= 15 is 0 Å². The maximum absolute atomic E-state index is 12.0. The van der Waals surface area contributed by atoms with E-state index in [-0.39, 0.29) is 17.3 Å². The van der Waals surface area contributed by atoms with Crippen molar-refractivity contribution < 1.29 is 17.9 Å². The Hall–Kier alpha value is -1.48. The third kappa shape index (κ3) is 6.10. The third-order valence-corrected chi connectivity index (χ3v) is 4.34. The van der Waals surface area contributed by atoms with Crippen LogP contribution in [0.25, 0.3) is 0 Å². The second-order valence-electron chi connectivity index (χ2n) is 4.52.